The van der Waals surface area contributed by atoms with E-state index in [0.29, 0.717) is 21.6 Å². The number of imidazole rings is 1. The Hall–Kier alpha value is -2.57. The molecule has 0 saturated carbocycles. The molecule has 24 heavy (non-hydrogen) atoms. The molecule has 0 aliphatic carbocycles. The first-order valence-electron chi connectivity index (χ1n) is 7.11. The predicted molar refractivity (Wildman–Crippen MR) is 93.0 cm³/mol. The van der Waals surface area contributed by atoms with Crippen LogP contribution in [0.15, 0.2) is 47.0 Å². The topological polar surface area (TPSA) is 68.2 Å². The summed E-state index contributed by atoms with van der Waals surface area (Å²) in [6, 6.07) is 11.1. The molecule has 3 heterocycles. The van der Waals surface area contributed by atoms with Gasteiger partial charge in [-0.2, -0.15) is 0 Å². The first-order chi connectivity index (χ1) is 11.6. The van der Waals surface area contributed by atoms with Crippen LogP contribution in [0.4, 0.5) is 11.7 Å². The molecule has 120 valence electrons. The summed E-state index contributed by atoms with van der Waals surface area (Å²) in [7, 11) is 0. The molecule has 8 heteroatoms. The average Bonchev–Trinajstić information content (AvgIpc) is 3.13. The lowest BCUT2D eigenvalue weighted by Gasteiger charge is -2.03. The third kappa shape index (κ3) is 2.60. The zero-order valence-corrected chi connectivity index (χ0v) is 14.0. The van der Waals surface area contributed by atoms with E-state index >= 15 is 0 Å². The van der Waals surface area contributed by atoms with Crippen molar-refractivity contribution in [3.8, 4) is 11.6 Å². The van der Waals surface area contributed by atoms with E-state index in [-0.39, 0.29) is 6.01 Å². The van der Waals surface area contributed by atoms with Crippen molar-refractivity contribution in [2.45, 2.75) is 6.92 Å². The Morgan fingerprint density at radius 1 is 1.12 bits per heavy atom. The Morgan fingerprint density at radius 2 is 2.00 bits per heavy atom. The van der Waals surface area contributed by atoms with Gasteiger partial charge in [-0.3, -0.25) is 4.40 Å². The third-order valence-electron chi connectivity index (χ3n) is 3.50. The quantitative estimate of drug-likeness (QED) is 0.571. The van der Waals surface area contributed by atoms with Crippen molar-refractivity contribution in [2.75, 3.05) is 5.32 Å². The van der Waals surface area contributed by atoms with E-state index in [0.717, 1.165) is 17.0 Å². The summed E-state index contributed by atoms with van der Waals surface area (Å²) in [4.78, 5) is 4.49. The molecule has 0 fully saturated rings. The number of benzene rings is 1. The van der Waals surface area contributed by atoms with Gasteiger partial charge in [0.05, 0.1) is 16.4 Å². The largest absolute Gasteiger partial charge is 0.401 e. The van der Waals surface area contributed by atoms with Crippen molar-refractivity contribution in [1.82, 2.24) is 19.6 Å². The van der Waals surface area contributed by atoms with Crippen LogP contribution in [0, 0.1) is 6.92 Å². The highest BCUT2D eigenvalue weighted by molar-refractivity contribution is 6.36. The number of anilines is 2. The molecule has 0 amide bonds. The van der Waals surface area contributed by atoms with Crippen LogP contribution in [0.25, 0.3) is 17.2 Å². The number of halogens is 2. The van der Waals surface area contributed by atoms with Crippen molar-refractivity contribution in [1.29, 1.82) is 0 Å². The van der Waals surface area contributed by atoms with Gasteiger partial charge in [0, 0.05) is 11.2 Å². The summed E-state index contributed by atoms with van der Waals surface area (Å²) in [6.07, 6.45) is 1.90. The van der Waals surface area contributed by atoms with Crippen LogP contribution >= 0.6 is 23.2 Å². The highest BCUT2D eigenvalue weighted by atomic mass is 35.5. The van der Waals surface area contributed by atoms with Gasteiger partial charge in [0.2, 0.25) is 0 Å². The van der Waals surface area contributed by atoms with E-state index in [4.69, 9.17) is 27.6 Å². The summed E-state index contributed by atoms with van der Waals surface area (Å²) < 4.78 is 7.63. The number of hydrogen-bond acceptors (Lipinski definition) is 5. The summed E-state index contributed by atoms with van der Waals surface area (Å²) >= 11 is 12.0. The van der Waals surface area contributed by atoms with Crippen LogP contribution in [0.3, 0.4) is 0 Å². The summed E-state index contributed by atoms with van der Waals surface area (Å²) in [5.74, 6) is 0.374. The number of aryl methyl sites for hydroxylation is 1. The van der Waals surface area contributed by atoms with Gasteiger partial charge in [-0.25, -0.2) is 4.98 Å². The molecular formula is C16H11Cl2N5O. The minimum atomic E-state index is 0.236. The smallest absolute Gasteiger partial charge is 0.320 e. The molecule has 3 aromatic heterocycles. The van der Waals surface area contributed by atoms with Crippen LogP contribution in [0.1, 0.15) is 5.69 Å². The molecule has 0 aliphatic rings. The maximum Gasteiger partial charge on any atom is 0.320 e. The Balaban J connectivity index is 1.70. The van der Waals surface area contributed by atoms with Crippen LogP contribution in [-0.2, 0) is 0 Å². The van der Waals surface area contributed by atoms with Gasteiger partial charge in [0.25, 0.3) is 5.89 Å². The van der Waals surface area contributed by atoms with E-state index < -0.39 is 0 Å². The molecule has 0 spiro atoms. The fourth-order valence-electron chi connectivity index (χ4n) is 2.45. The van der Waals surface area contributed by atoms with Gasteiger partial charge in [0.15, 0.2) is 0 Å². The first kappa shape index (κ1) is 15.0. The Morgan fingerprint density at radius 3 is 2.83 bits per heavy atom. The van der Waals surface area contributed by atoms with Gasteiger partial charge >= 0.3 is 6.01 Å². The molecule has 0 bridgehead atoms. The summed E-state index contributed by atoms with van der Waals surface area (Å²) in [6.45, 7) is 1.90. The second-order valence-corrected chi connectivity index (χ2v) is 5.98. The maximum atomic E-state index is 6.14. The number of rotatable bonds is 3. The molecule has 1 aromatic carbocycles. The second kappa shape index (κ2) is 5.81. The maximum absolute atomic E-state index is 6.14. The fourth-order valence-corrected chi connectivity index (χ4v) is 2.90. The van der Waals surface area contributed by atoms with Crippen LogP contribution in [0.5, 0.6) is 0 Å². The van der Waals surface area contributed by atoms with Gasteiger partial charge < -0.3 is 9.73 Å². The molecule has 0 atom stereocenters. The van der Waals surface area contributed by atoms with E-state index in [1.807, 2.05) is 35.7 Å². The van der Waals surface area contributed by atoms with Crippen LogP contribution in [-0.4, -0.2) is 19.6 Å². The fraction of sp³-hybridized carbons (Fsp3) is 0.0625. The van der Waals surface area contributed by atoms with Crippen molar-refractivity contribution < 1.29 is 4.42 Å². The third-order valence-corrected chi connectivity index (χ3v) is 4.05. The number of hydrogen-bond donors (Lipinski definition) is 1. The lowest BCUT2D eigenvalue weighted by atomic mass is 10.3. The van der Waals surface area contributed by atoms with Crippen LogP contribution < -0.4 is 5.32 Å². The molecule has 0 radical (unpaired) electrons. The molecule has 4 rings (SSSR count). The van der Waals surface area contributed by atoms with Crippen LogP contribution in [0.2, 0.25) is 10.0 Å². The molecular weight excluding hydrogens is 349 g/mol. The Labute approximate surface area is 147 Å². The number of pyridine rings is 1. The van der Waals surface area contributed by atoms with Gasteiger partial charge in [-0.15, -0.1) is 5.10 Å². The van der Waals surface area contributed by atoms with Crippen molar-refractivity contribution >= 4 is 40.6 Å². The average molecular weight is 360 g/mol. The van der Waals surface area contributed by atoms with Crippen molar-refractivity contribution in [3.63, 3.8) is 0 Å². The SMILES string of the molecule is Cc1nc2ccccn2c1-c1nnc(Nc2ccc(Cl)cc2Cl)o1. The Kier molecular flexibility index (Phi) is 3.63. The normalized spacial score (nSPS) is 11.1. The highest BCUT2D eigenvalue weighted by Gasteiger charge is 2.17. The molecule has 0 saturated heterocycles. The zero-order valence-electron chi connectivity index (χ0n) is 12.5. The zero-order chi connectivity index (χ0) is 16.7. The van der Waals surface area contributed by atoms with E-state index in [9.17, 15) is 0 Å². The van der Waals surface area contributed by atoms with Gasteiger partial charge in [-0.05, 0) is 37.3 Å². The van der Waals surface area contributed by atoms with Crippen molar-refractivity contribution in [2.24, 2.45) is 0 Å². The monoisotopic (exact) mass is 359 g/mol. The predicted octanol–water partition coefficient (Wildman–Crippen LogP) is 4.74. The number of nitrogens with zero attached hydrogens (tertiary/aromatic N) is 4. The van der Waals surface area contributed by atoms with E-state index in [1.54, 1.807) is 18.2 Å². The minimum Gasteiger partial charge on any atom is -0.401 e. The van der Waals surface area contributed by atoms with E-state index in [1.165, 1.54) is 0 Å². The first-order valence-corrected chi connectivity index (χ1v) is 7.87. The standard InChI is InChI=1S/C16H11Cl2N5O/c1-9-14(23-7-3-2-4-13(23)19-9)15-21-22-16(24-15)20-12-6-5-10(17)8-11(12)18/h2-8H,1H3,(H,20,22). The number of aromatic nitrogens is 4. The molecule has 1 N–H and O–H groups in total. The van der Waals surface area contributed by atoms with Gasteiger partial charge in [-0.1, -0.05) is 34.4 Å². The van der Waals surface area contributed by atoms with Crippen molar-refractivity contribution in [3.05, 3.63) is 58.3 Å². The lowest BCUT2D eigenvalue weighted by molar-refractivity contribution is 0.584. The van der Waals surface area contributed by atoms with Gasteiger partial charge in [0.1, 0.15) is 11.3 Å². The van der Waals surface area contributed by atoms with E-state index in [2.05, 4.69) is 20.5 Å². The molecule has 4 aromatic rings. The molecule has 6 nitrogen and oxygen atoms in total. The minimum absolute atomic E-state index is 0.236. The Bertz CT molecular complexity index is 1040. The summed E-state index contributed by atoms with van der Waals surface area (Å²) in [5, 5.41) is 12.1. The molecule has 0 aliphatic heterocycles. The number of fused-ring (bicyclic) bond motifs is 1. The molecule has 0 unspecified atom stereocenters. The summed E-state index contributed by atoms with van der Waals surface area (Å²) in [5.41, 5.74) is 3.01. The number of nitrogens with one attached hydrogen (secondary N) is 1. The second-order valence-electron chi connectivity index (χ2n) is 5.14. The lowest BCUT2D eigenvalue weighted by Crippen LogP contribution is -1.91. The highest BCUT2D eigenvalue weighted by Crippen LogP contribution is 2.30.